The van der Waals surface area contributed by atoms with E-state index >= 15 is 0 Å². The van der Waals surface area contributed by atoms with Gasteiger partial charge in [-0.1, -0.05) is 36.8 Å². The first-order valence-corrected chi connectivity index (χ1v) is 12.2. The molecular weight excluding hydrogens is 450 g/mol. The number of amides is 3. The Balaban J connectivity index is 2.30. The maximum atomic E-state index is 13.6. The zero-order valence-electron chi connectivity index (χ0n) is 21.8. The van der Waals surface area contributed by atoms with Crippen molar-refractivity contribution >= 4 is 23.9 Å². The molecule has 9 heteroatoms. The van der Waals surface area contributed by atoms with Crippen molar-refractivity contribution in [1.82, 2.24) is 15.5 Å². The van der Waals surface area contributed by atoms with Gasteiger partial charge in [0.1, 0.15) is 17.7 Å². The molecule has 1 saturated carbocycles. The average Bonchev–Trinajstić information content (AvgIpc) is 3.45. The summed E-state index contributed by atoms with van der Waals surface area (Å²) < 4.78 is 10.2. The normalized spacial score (nSPS) is 18.6. The molecule has 0 saturated heterocycles. The number of nitrogens with one attached hydrogen (secondary N) is 2. The van der Waals surface area contributed by atoms with Gasteiger partial charge in [0.05, 0.1) is 13.0 Å². The second-order valence-corrected chi connectivity index (χ2v) is 10.1. The van der Waals surface area contributed by atoms with Crippen LogP contribution in [-0.2, 0) is 23.9 Å². The van der Waals surface area contributed by atoms with Gasteiger partial charge in [0, 0.05) is 12.6 Å². The van der Waals surface area contributed by atoms with E-state index in [-0.39, 0.29) is 37.4 Å². The van der Waals surface area contributed by atoms with E-state index in [1.807, 2.05) is 38.1 Å². The lowest BCUT2D eigenvalue weighted by atomic mass is 10.0. The Morgan fingerprint density at radius 1 is 1.20 bits per heavy atom. The van der Waals surface area contributed by atoms with Crippen molar-refractivity contribution in [3.63, 3.8) is 0 Å². The number of alkyl carbamates (subject to hydrolysis) is 1. The minimum absolute atomic E-state index is 0.0322. The molecule has 2 rings (SSSR count). The number of hydrogen-bond acceptors (Lipinski definition) is 6. The topological polar surface area (TPSA) is 114 Å². The fourth-order valence-corrected chi connectivity index (χ4v) is 3.84. The van der Waals surface area contributed by atoms with Gasteiger partial charge >= 0.3 is 12.1 Å². The molecule has 4 atom stereocenters. The van der Waals surface area contributed by atoms with Crippen molar-refractivity contribution in [1.29, 1.82) is 0 Å². The maximum Gasteiger partial charge on any atom is 0.408 e. The Kier molecular flexibility index (Phi) is 9.68. The summed E-state index contributed by atoms with van der Waals surface area (Å²) in [6.45, 7) is 12.8. The third-order valence-electron chi connectivity index (χ3n) is 5.60. The molecule has 0 aromatic heterocycles. The van der Waals surface area contributed by atoms with E-state index in [0.29, 0.717) is 5.56 Å². The fourth-order valence-electron chi connectivity index (χ4n) is 3.84. The van der Waals surface area contributed by atoms with Crippen molar-refractivity contribution in [2.45, 2.75) is 85.0 Å². The highest BCUT2D eigenvalue weighted by atomic mass is 16.6. The summed E-state index contributed by atoms with van der Waals surface area (Å²) in [5.74, 6) is -0.958. The maximum absolute atomic E-state index is 13.6. The molecule has 35 heavy (non-hydrogen) atoms. The molecule has 1 aromatic rings. The van der Waals surface area contributed by atoms with E-state index in [2.05, 4.69) is 10.6 Å². The van der Waals surface area contributed by atoms with Crippen LogP contribution in [0.15, 0.2) is 24.3 Å². The molecule has 3 amide bonds. The third-order valence-corrected chi connectivity index (χ3v) is 5.60. The smallest absolute Gasteiger partial charge is 0.408 e. The van der Waals surface area contributed by atoms with Crippen LogP contribution in [-0.4, -0.2) is 59.6 Å². The van der Waals surface area contributed by atoms with Crippen molar-refractivity contribution < 1.29 is 28.7 Å². The molecule has 194 valence electrons. The molecular formula is C26H39N3O6. The Labute approximate surface area is 207 Å². The molecule has 1 aromatic carbocycles. The zero-order valence-corrected chi connectivity index (χ0v) is 21.8. The zero-order chi connectivity index (χ0) is 26.3. The van der Waals surface area contributed by atoms with Gasteiger partial charge in [-0.2, -0.15) is 0 Å². The number of rotatable bonds is 10. The van der Waals surface area contributed by atoms with E-state index < -0.39 is 35.7 Å². The van der Waals surface area contributed by atoms with Crippen LogP contribution in [0.25, 0.3) is 0 Å². The second-order valence-electron chi connectivity index (χ2n) is 10.1. The highest BCUT2D eigenvalue weighted by molar-refractivity contribution is 5.92. The minimum Gasteiger partial charge on any atom is -0.466 e. The fraction of sp³-hybridized carbons (Fsp3) is 0.615. The van der Waals surface area contributed by atoms with Gasteiger partial charge in [-0.15, -0.1) is 0 Å². The highest BCUT2D eigenvalue weighted by Gasteiger charge is 2.47. The lowest BCUT2D eigenvalue weighted by Gasteiger charge is -2.34. The summed E-state index contributed by atoms with van der Waals surface area (Å²) in [4.78, 5) is 52.7. The molecule has 0 spiro atoms. The van der Waals surface area contributed by atoms with Crippen molar-refractivity contribution in [3.05, 3.63) is 35.4 Å². The van der Waals surface area contributed by atoms with E-state index in [4.69, 9.17) is 9.47 Å². The summed E-state index contributed by atoms with van der Waals surface area (Å²) in [7, 11) is 0. The second kappa shape index (κ2) is 12.0. The molecule has 0 aliphatic heterocycles. The first-order valence-electron chi connectivity index (χ1n) is 12.2. The van der Waals surface area contributed by atoms with Gasteiger partial charge in [0.15, 0.2) is 0 Å². The largest absolute Gasteiger partial charge is 0.466 e. The van der Waals surface area contributed by atoms with Crippen molar-refractivity contribution in [2.75, 3.05) is 13.2 Å². The Bertz CT molecular complexity index is 926. The Morgan fingerprint density at radius 3 is 2.40 bits per heavy atom. The number of benzene rings is 1. The number of esters is 1. The number of carbonyl (C=O) groups excluding carboxylic acids is 4. The van der Waals surface area contributed by atoms with Gasteiger partial charge in [0.25, 0.3) is 0 Å². The molecule has 0 bridgehead atoms. The average molecular weight is 490 g/mol. The molecule has 2 N–H and O–H groups in total. The van der Waals surface area contributed by atoms with E-state index in [1.54, 1.807) is 39.5 Å². The van der Waals surface area contributed by atoms with Gasteiger partial charge in [0.2, 0.25) is 11.8 Å². The molecule has 1 aliphatic rings. The summed E-state index contributed by atoms with van der Waals surface area (Å²) in [5, 5.41) is 5.39. The van der Waals surface area contributed by atoms with Gasteiger partial charge in [-0.3, -0.25) is 14.4 Å². The molecule has 0 radical (unpaired) electrons. The van der Waals surface area contributed by atoms with Crippen LogP contribution >= 0.6 is 0 Å². The Hall–Kier alpha value is -3.10. The standard InChI is InChI=1S/C26H39N3O6/c1-8-34-21(30)12-13-27-23(31)22(19-11-9-10-16(2)14-19)29(20-15-17(20)3)24(32)18(4)28-25(33)35-26(5,6)7/h9-11,14,17-18,20,22H,8,12-13,15H2,1-7H3,(H,27,31)(H,28,33). The van der Waals surface area contributed by atoms with Crippen LogP contribution in [0.3, 0.4) is 0 Å². The predicted octanol–water partition coefficient (Wildman–Crippen LogP) is 3.26. The van der Waals surface area contributed by atoms with E-state index in [9.17, 15) is 19.2 Å². The lowest BCUT2D eigenvalue weighted by Crippen LogP contribution is -2.53. The summed E-state index contributed by atoms with van der Waals surface area (Å²) in [5.41, 5.74) is 0.902. The molecule has 4 unspecified atom stereocenters. The number of aryl methyl sites for hydroxylation is 1. The van der Waals surface area contributed by atoms with Gasteiger partial charge < -0.3 is 25.0 Å². The molecule has 0 heterocycles. The van der Waals surface area contributed by atoms with Crippen LogP contribution in [0.2, 0.25) is 0 Å². The first-order chi connectivity index (χ1) is 16.3. The molecule has 1 fully saturated rings. The molecule has 9 nitrogen and oxygen atoms in total. The monoisotopic (exact) mass is 489 g/mol. The van der Waals surface area contributed by atoms with Crippen molar-refractivity contribution in [2.24, 2.45) is 5.92 Å². The third kappa shape index (κ3) is 8.56. The number of nitrogens with zero attached hydrogens (tertiary/aromatic N) is 1. The van der Waals surface area contributed by atoms with Crippen LogP contribution in [0, 0.1) is 12.8 Å². The summed E-state index contributed by atoms with van der Waals surface area (Å²) in [6.07, 6.45) is 0.0847. The van der Waals surface area contributed by atoms with E-state index in [1.165, 1.54) is 0 Å². The SMILES string of the molecule is CCOC(=O)CCNC(=O)C(c1cccc(C)c1)N(C(=O)C(C)NC(=O)OC(C)(C)C)C1CC1C. The lowest BCUT2D eigenvalue weighted by molar-refractivity contribution is -0.144. The quantitative estimate of drug-likeness (QED) is 0.488. The minimum atomic E-state index is -0.914. The van der Waals surface area contributed by atoms with Gasteiger partial charge in [-0.05, 0) is 59.4 Å². The van der Waals surface area contributed by atoms with Crippen LogP contribution in [0.4, 0.5) is 4.79 Å². The van der Waals surface area contributed by atoms with Gasteiger partial charge in [-0.25, -0.2) is 4.79 Å². The van der Waals surface area contributed by atoms with Crippen LogP contribution in [0.1, 0.15) is 71.6 Å². The number of ether oxygens (including phenoxy) is 2. The number of carbonyl (C=O) groups is 4. The molecule has 1 aliphatic carbocycles. The Morgan fingerprint density at radius 2 is 1.86 bits per heavy atom. The highest BCUT2D eigenvalue weighted by Crippen LogP contribution is 2.40. The van der Waals surface area contributed by atoms with Crippen molar-refractivity contribution in [3.8, 4) is 0 Å². The predicted molar refractivity (Wildman–Crippen MR) is 131 cm³/mol. The first kappa shape index (κ1) is 28.1. The summed E-state index contributed by atoms with van der Waals surface area (Å²) >= 11 is 0. The number of hydrogen-bond donors (Lipinski definition) is 2. The van der Waals surface area contributed by atoms with Crippen LogP contribution in [0.5, 0.6) is 0 Å². The van der Waals surface area contributed by atoms with Crippen LogP contribution < -0.4 is 10.6 Å². The van der Waals surface area contributed by atoms with E-state index in [0.717, 1.165) is 12.0 Å². The summed E-state index contributed by atoms with van der Waals surface area (Å²) in [6, 6.07) is 5.46.